The Hall–Kier alpha value is -8.14. The van der Waals surface area contributed by atoms with Gasteiger partial charge in [0.2, 0.25) is 0 Å². The summed E-state index contributed by atoms with van der Waals surface area (Å²) >= 11 is 0. The van der Waals surface area contributed by atoms with E-state index in [0.29, 0.717) is 0 Å². The molecule has 0 saturated carbocycles. The molecule has 0 N–H and O–H groups in total. The topological polar surface area (TPSA) is 18.5 Å². The number of fused-ring (bicyclic) bond motifs is 6. The van der Waals surface area contributed by atoms with Crippen LogP contribution in [0.3, 0.4) is 0 Å². The van der Waals surface area contributed by atoms with Crippen LogP contribution in [0, 0.1) is 0 Å². The third-order valence-electron chi connectivity index (χ3n) is 12.6. The molecule has 0 aliphatic carbocycles. The molecule has 63 heavy (non-hydrogen) atoms. The van der Waals surface area contributed by atoms with Gasteiger partial charge in [-0.2, -0.15) is 0 Å². The average molecular weight is 802 g/mol. The highest BCUT2D eigenvalue weighted by atomic mass is 16.6. The summed E-state index contributed by atoms with van der Waals surface area (Å²) in [6.45, 7) is 0. The first-order valence-electron chi connectivity index (χ1n) is 21.5. The van der Waals surface area contributed by atoms with Crippen LogP contribution >= 0.6 is 0 Å². The van der Waals surface area contributed by atoms with Crippen molar-refractivity contribution in [1.29, 1.82) is 0 Å². The van der Waals surface area contributed by atoms with Gasteiger partial charge in [0.05, 0.1) is 0 Å². The molecule has 293 valence electrons. The fraction of sp³-hybridized carbons (Fsp3) is 0. The molecule has 0 amide bonds. The Morgan fingerprint density at radius 3 is 0.857 bits per heavy atom. The van der Waals surface area contributed by atoms with E-state index in [4.69, 9.17) is 9.31 Å². The summed E-state index contributed by atoms with van der Waals surface area (Å²) in [5.41, 5.74) is 9.75. The molecule has 1 radical (unpaired) electrons. The normalized spacial score (nSPS) is 11.5. The second kappa shape index (κ2) is 15.4. The van der Waals surface area contributed by atoms with Crippen molar-refractivity contribution >= 4 is 72.3 Å². The van der Waals surface area contributed by atoms with E-state index in [1.165, 1.54) is 84.2 Å². The second-order valence-corrected chi connectivity index (χ2v) is 16.1. The molecule has 0 unspecified atom stereocenters. The van der Waals surface area contributed by atoms with Gasteiger partial charge in [0.25, 0.3) is 0 Å². The highest BCUT2D eigenvalue weighted by Gasteiger charge is 2.19. The van der Waals surface area contributed by atoms with Crippen molar-refractivity contribution in [2.75, 3.05) is 0 Å². The average Bonchev–Trinajstić information content (AvgIpc) is 3.35. The van der Waals surface area contributed by atoms with Crippen LogP contribution in [0.5, 0.6) is 11.5 Å². The Kier molecular flexibility index (Phi) is 8.97. The lowest BCUT2D eigenvalue weighted by molar-refractivity contribution is 0.465. The SMILES string of the molecule is [B](Oc1cccc2cc(-c3c4ccccc4c(-c4ccccc4)c4ccccc34)ccc12)Oc1cccc2cc(-c3c4ccccc4c(-c4ccccc4)c4ccccc34)ccc12. The van der Waals surface area contributed by atoms with Gasteiger partial charge < -0.3 is 9.31 Å². The van der Waals surface area contributed by atoms with Gasteiger partial charge in [-0.15, -0.1) is 0 Å². The number of hydrogen-bond acceptors (Lipinski definition) is 2. The molecule has 0 atom stereocenters. The first kappa shape index (κ1) is 36.7. The van der Waals surface area contributed by atoms with Crippen LogP contribution in [0.25, 0.3) is 109 Å². The van der Waals surface area contributed by atoms with Gasteiger partial charge in [-0.1, -0.05) is 206 Å². The Labute approximate surface area is 366 Å². The van der Waals surface area contributed by atoms with Crippen LogP contribution in [-0.2, 0) is 0 Å². The monoisotopic (exact) mass is 801 g/mol. The van der Waals surface area contributed by atoms with Gasteiger partial charge in [-0.05, 0) is 123 Å². The highest BCUT2D eigenvalue weighted by Crippen LogP contribution is 2.46. The maximum Gasteiger partial charge on any atom is 0.658 e. The molecule has 12 aromatic carbocycles. The molecule has 3 heteroatoms. The van der Waals surface area contributed by atoms with Crippen LogP contribution in [-0.4, -0.2) is 7.69 Å². The smallest absolute Gasteiger partial charge is 0.526 e. The van der Waals surface area contributed by atoms with E-state index in [1.807, 2.05) is 24.3 Å². The number of hydrogen-bond donors (Lipinski definition) is 0. The van der Waals surface area contributed by atoms with E-state index < -0.39 is 0 Å². The molecule has 0 heterocycles. The minimum atomic E-state index is 0.730. The van der Waals surface area contributed by atoms with E-state index in [-0.39, 0.29) is 0 Å². The molecule has 12 rings (SSSR count). The molecule has 0 saturated heterocycles. The van der Waals surface area contributed by atoms with E-state index >= 15 is 0 Å². The summed E-state index contributed by atoms with van der Waals surface area (Å²) in [4.78, 5) is 0. The lowest BCUT2D eigenvalue weighted by atomic mass is 9.85. The van der Waals surface area contributed by atoms with Crippen LogP contribution in [0.1, 0.15) is 0 Å². The lowest BCUT2D eigenvalue weighted by Gasteiger charge is -2.18. The van der Waals surface area contributed by atoms with Gasteiger partial charge in [-0.3, -0.25) is 0 Å². The van der Waals surface area contributed by atoms with Crippen molar-refractivity contribution in [1.82, 2.24) is 0 Å². The van der Waals surface area contributed by atoms with E-state index in [2.05, 4.69) is 206 Å². The molecule has 12 aromatic rings. The van der Waals surface area contributed by atoms with Gasteiger partial charge in [0.15, 0.2) is 0 Å². The molecule has 0 bridgehead atoms. The third kappa shape index (κ3) is 6.28. The Morgan fingerprint density at radius 1 is 0.222 bits per heavy atom. The van der Waals surface area contributed by atoms with Gasteiger partial charge in [0, 0.05) is 10.8 Å². The van der Waals surface area contributed by atoms with Crippen LogP contribution in [0.2, 0.25) is 0 Å². The van der Waals surface area contributed by atoms with Crippen molar-refractivity contribution < 1.29 is 9.31 Å². The van der Waals surface area contributed by atoms with Crippen LogP contribution in [0.15, 0.2) is 231 Å². The third-order valence-corrected chi connectivity index (χ3v) is 12.6. The molecular formula is C60H38BO2. The first-order chi connectivity index (χ1) is 31.3. The Morgan fingerprint density at radius 2 is 0.524 bits per heavy atom. The molecule has 0 fully saturated rings. The second-order valence-electron chi connectivity index (χ2n) is 16.1. The number of benzene rings is 12. The molecule has 0 aromatic heterocycles. The van der Waals surface area contributed by atoms with Crippen molar-refractivity contribution in [2.24, 2.45) is 0 Å². The highest BCUT2D eigenvalue weighted by molar-refractivity contribution is 6.24. The molecule has 0 spiro atoms. The molecule has 2 nitrogen and oxygen atoms in total. The standard InChI is InChI=1S/C60H38BO2/c1-3-17-39(18-4-1)57-47-23-7-11-27-51(47)59(52-28-12-8-24-48(52)57)43-33-35-45-41(37-43)21-15-31-55(45)62-61-63-56-32-16-22-42-38-44(34-36-46(42)56)60-53-29-13-9-25-49(53)58(40-19-5-2-6-20-40)50-26-10-14-30-54(50)60/h1-38H. The zero-order valence-corrected chi connectivity index (χ0v) is 34.3. The van der Waals surface area contributed by atoms with Crippen molar-refractivity contribution in [3.8, 4) is 56.0 Å². The zero-order chi connectivity index (χ0) is 41.7. The minimum Gasteiger partial charge on any atom is -0.526 e. The summed E-state index contributed by atoms with van der Waals surface area (Å²) in [5, 5.41) is 14.1. The summed E-state index contributed by atoms with van der Waals surface area (Å²) < 4.78 is 12.6. The van der Waals surface area contributed by atoms with Crippen molar-refractivity contribution in [2.45, 2.75) is 0 Å². The summed E-state index contributed by atoms with van der Waals surface area (Å²) in [6, 6.07) is 82.3. The largest absolute Gasteiger partial charge is 0.658 e. The fourth-order valence-electron chi connectivity index (χ4n) is 9.86. The van der Waals surface area contributed by atoms with Crippen molar-refractivity contribution in [3.63, 3.8) is 0 Å². The van der Waals surface area contributed by atoms with Gasteiger partial charge in [0.1, 0.15) is 11.5 Å². The van der Waals surface area contributed by atoms with E-state index in [1.54, 1.807) is 0 Å². The van der Waals surface area contributed by atoms with Gasteiger partial charge in [-0.25, -0.2) is 0 Å². The maximum atomic E-state index is 6.31. The van der Waals surface area contributed by atoms with Crippen LogP contribution < -0.4 is 9.31 Å². The predicted molar refractivity (Wildman–Crippen MR) is 267 cm³/mol. The predicted octanol–water partition coefficient (Wildman–Crippen LogP) is 16.3. The minimum absolute atomic E-state index is 0.730. The lowest BCUT2D eigenvalue weighted by Crippen LogP contribution is -2.11. The zero-order valence-electron chi connectivity index (χ0n) is 34.3. The first-order valence-corrected chi connectivity index (χ1v) is 21.5. The fourth-order valence-corrected chi connectivity index (χ4v) is 9.86. The quantitative estimate of drug-likeness (QED) is 0.113. The molecule has 0 aliphatic rings. The van der Waals surface area contributed by atoms with E-state index in [9.17, 15) is 0 Å². The van der Waals surface area contributed by atoms with Crippen LogP contribution in [0.4, 0.5) is 0 Å². The number of rotatable bonds is 8. The maximum absolute atomic E-state index is 6.31. The summed E-state index contributed by atoms with van der Waals surface area (Å²) in [7, 11) is 1.46. The van der Waals surface area contributed by atoms with E-state index in [0.717, 1.165) is 44.2 Å². The molecule has 0 aliphatic heterocycles. The molecular weight excluding hydrogens is 763 g/mol. The summed E-state index contributed by atoms with van der Waals surface area (Å²) in [6.07, 6.45) is 0. The van der Waals surface area contributed by atoms with Crippen molar-refractivity contribution in [3.05, 3.63) is 231 Å². The summed E-state index contributed by atoms with van der Waals surface area (Å²) in [5.74, 6) is 1.46. The van der Waals surface area contributed by atoms with Gasteiger partial charge >= 0.3 is 7.69 Å². The Bertz CT molecular complexity index is 3350. The Balaban J connectivity index is 0.866.